The lowest BCUT2D eigenvalue weighted by Gasteiger charge is -2.00. The molecule has 0 radical (unpaired) electrons. The molecule has 0 fully saturated rings. The molecule has 0 unspecified atom stereocenters. The highest BCUT2D eigenvalue weighted by molar-refractivity contribution is 7.17. The summed E-state index contributed by atoms with van der Waals surface area (Å²) in [5.41, 5.74) is 7.78. The third-order valence-electron chi connectivity index (χ3n) is 2.72. The Morgan fingerprint density at radius 3 is 2.74 bits per heavy atom. The van der Waals surface area contributed by atoms with Gasteiger partial charge in [-0.1, -0.05) is 6.07 Å². The molecule has 3 aromatic rings. The van der Waals surface area contributed by atoms with Crippen LogP contribution in [0.3, 0.4) is 0 Å². The van der Waals surface area contributed by atoms with Gasteiger partial charge in [-0.3, -0.25) is 0 Å². The van der Waals surface area contributed by atoms with Crippen molar-refractivity contribution >= 4 is 28.5 Å². The van der Waals surface area contributed by atoms with Gasteiger partial charge in [0.25, 0.3) is 0 Å². The van der Waals surface area contributed by atoms with E-state index in [-0.39, 0.29) is 0 Å². The maximum atomic E-state index is 5.95. The topological polar surface area (TPSA) is 64.7 Å². The number of thiophene rings is 1. The molecule has 6 heteroatoms. The minimum Gasteiger partial charge on any atom is -0.383 e. The molecule has 0 bridgehead atoms. The van der Waals surface area contributed by atoms with Crippen LogP contribution in [0.2, 0.25) is 0 Å². The van der Waals surface area contributed by atoms with Gasteiger partial charge in [-0.15, -0.1) is 22.7 Å². The van der Waals surface area contributed by atoms with Crippen LogP contribution in [0.25, 0.3) is 21.1 Å². The Bertz CT molecular complexity index is 716. The molecule has 0 aliphatic rings. The van der Waals surface area contributed by atoms with Crippen molar-refractivity contribution in [3.8, 4) is 21.1 Å². The lowest BCUT2D eigenvalue weighted by atomic mass is 10.3. The fraction of sp³-hybridized carbons (Fsp3) is 0.154. The fourth-order valence-corrected chi connectivity index (χ4v) is 3.59. The van der Waals surface area contributed by atoms with Crippen molar-refractivity contribution in [2.75, 3.05) is 5.73 Å². The lowest BCUT2D eigenvalue weighted by molar-refractivity contribution is 1.06. The molecule has 2 N–H and O–H groups in total. The summed E-state index contributed by atoms with van der Waals surface area (Å²) in [6, 6.07) is 4.10. The third kappa shape index (κ3) is 2.24. The summed E-state index contributed by atoms with van der Waals surface area (Å²) in [5.74, 6) is 1.16. The van der Waals surface area contributed by atoms with Crippen LogP contribution in [0.1, 0.15) is 10.7 Å². The van der Waals surface area contributed by atoms with Crippen molar-refractivity contribution in [1.82, 2.24) is 15.0 Å². The largest absolute Gasteiger partial charge is 0.383 e. The predicted molar refractivity (Wildman–Crippen MR) is 80.3 cm³/mol. The van der Waals surface area contributed by atoms with Crippen molar-refractivity contribution in [2.45, 2.75) is 13.8 Å². The molecule has 4 nitrogen and oxygen atoms in total. The standard InChI is InChI=1S/C13H12N4S2/c1-7-11(10-4-3-5-18-10)17-13(19-7)9-6-15-8(2)16-12(9)14/h3-6H,1-2H3,(H2,14,15,16). The molecule has 0 saturated heterocycles. The third-order valence-corrected chi connectivity index (χ3v) is 4.60. The van der Waals surface area contributed by atoms with Gasteiger partial charge in [0.1, 0.15) is 16.6 Å². The van der Waals surface area contributed by atoms with Crippen LogP contribution in [0.5, 0.6) is 0 Å². The van der Waals surface area contributed by atoms with Crippen LogP contribution in [0, 0.1) is 13.8 Å². The molecule has 0 aliphatic heterocycles. The number of nitrogens with zero attached hydrogens (tertiary/aromatic N) is 3. The van der Waals surface area contributed by atoms with E-state index in [2.05, 4.69) is 33.3 Å². The summed E-state index contributed by atoms with van der Waals surface area (Å²) in [7, 11) is 0. The summed E-state index contributed by atoms with van der Waals surface area (Å²) in [6.45, 7) is 3.89. The molecule has 0 spiro atoms. The molecule has 3 rings (SSSR count). The lowest BCUT2D eigenvalue weighted by Crippen LogP contribution is -1.97. The fourth-order valence-electron chi connectivity index (χ4n) is 1.81. The van der Waals surface area contributed by atoms with E-state index in [0.717, 1.165) is 16.3 Å². The van der Waals surface area contributed by atoms with Gasteiger partial charge in [-0.05, 0) is 25.3 Å². The molecular weight excluding hydrogens is 276 g/mol. The second-order valence-electron chi connectivity index (χ2n) is 4.12. The summed E-state index contributed by atoms with van der Waals surface area (Å²) >= 11 is 3.31. The van der Waals surface area contributed by atoms with Crippen LogP contribution < -0.4 is 5.73 Å². The van der Waals surface area contributed by atoms with Gasteiger partial charge in [0.15, 0.2) is 0 Å². The maximum Gasteiger partial charge on any atom is 0.137 e. The zero-order valence-corrected chi connectivity index (χ0v) is 12.2. The van der Waals surface area contributed by atoms with E-state index in [4.69, 9.17) is 5.73 Å². The monoisotopic (exact) mass is 288 g/mol. The predicted octanol–water partition coefficient (Wildman–Crippen LogP) is 3.53. The first-order chi connectivity index (χ1) is 9.15. The minimum absolute atomic E-state index is 0.485. The molecule has 0 aliphatic carbocycles. The number of aryl methyl sites for hydroxylation is 2. The number of nitrogen functional groups attached to an aromatic ring is 1. The summed E-state index contributed by atoms with van der Waals surface area (Å²) in [6.07, 6.45) is 1.74. The molecule has 0 saturated carbocycles. The van der Waals surface area contributed by atoms with Gasteiger partial charge in [0, 0.05) is 11.1 Å². The van der Waals surface area contributed by atoms with E-state index in [9.17, 15) is 0 Å². The number of hydrogen-bond acceptors (Lipinski definition) is 6. The van der Waals surface area contributed by atoms with Crippen LogP contribution in [-0.2, 0) is 0 Å². The van der Waals surface area contributed by atoms with Crippen molar-refractivity contribution in [1.29, 1.82) is 0 Å². The Kier molecular flexibility index (Phi) is 3.04. The van der Waals surface area contributed by atoms with Gasteiger partial charge in [-0.2, -0.15) is 0 Å². The molecule has 0 aromatic carbocycles. The summed E-state index contributed by atoms with van der Waals surface area (Å²) < 4.78 is 0. The summed E-state index contributed by atoms with van der Waals surface area (Å²) in [5, 5.41) is 2.93. The highest BCUT2D eigenvalue weighted by atomic mass is 32.1. The molecule has 19 heavy (non-hydrogen) atoms. The van der Waals surface area contributed by atoms with E-state index >= 15 is 0 Å². The molecule has 0 amide bonds. The van der Waals surface area contributed by atoms with Gasteiger partial charge in [0.2, 0.25) is 0 Å². The van der Waals surface area contributed by atoms with E-state index in [1.165, 1.54) is 9.75 Å². The van der Waals surface area contributed by atoms with Crippen molar-refractivity contribution in [3.05, 3.63) is 34.4 Å². The average molecular weight is 288 g/mol. The number of nitrogens with two attached hydrogens (primary N) is 1. The molecule has 0 atom stereocenters. The van der Waals surface area contributed by atoms with Crippen LogP contribution in [-0.4, -0.2) is 15.0 Å². The van der Waals surface area contributed by atoms with Crippen molar-refractivity contribution in [2.24, 2.45) is 0 Å². The number of rotatable bonds is 2. The zero-order chi connectivity index (χ0) is 13.4. The van der Waals surface area contributed by atoms with Gasteiger partial charge < -0.3 is 5.73 Å². The average Bonchev–Trinajstić information content (AvgIpc) is 2.98. The van der Waals surface area contributed by atoms with Gasteiger partial charge in [-0.25, -0.2) is 15.0 Å². The second kappa shape index (κ2) is 4.71. The first-order valence-electron chi connectivity index (χ1n) is 5.76. The Hall–Kier alpha value is -1.79. The van der Waals surface area contributed by atoms with E-state index in [1.807, 2.05) is 13.0 Å². The Balaban J connectivity index is 2.10. The van der Waals surface area contributed by atoms with E-state index in [0.29, 0.717) is 11.6 Å². The van der Waals surface area contributed by atoms with Crippen LogP contribution in [0.4, 0.5) is 5.82 Å². The number of aromatic nitrogens is 3. The number of thiazole rings is 1. The highest BCUT2D eigenvalue weighted by Gasteiger charge is 2.14. The second-order valence-corrected chi connectivity index (χ2v) is 6.27. The van der Waals surface area contributed by atoms with Gasteiger partial charge >= 0.3 is 0 Å². The quantitative estimate of drug-likeness (QED) is 0.783. The smallest absolute Gasteiger partial charge is 0.137 e. The number of hydrogen-bond donors (Lipinski definition) is 1. The first-order valence-corrected chi connectivity index (χ1v) is 7.45. The molecule has 3 heterocycles. The maximum absolute atomic E-state index is 5.95. The highest BCUT2D eigenvalue weighted by Crippen LogP contribution is 2.36. The summed E-state index contributed by atoms with van der Waals surface area (Å²) in [4.78, 5) is 15.4. The number of anilines is 1. The molecule has 96 valence electrons. The molecule has 3 aromatic heterocycles. The van der Waals surface area contributed by atoms with Crippen molar-refractivity contribution < 1.29 is 0 Å². The Morgan fingerprint density at radius 2 is 2.05 bits per heavy atom. The Labute approximate surface area is 119 Å². The van der Waals surface area contributed by atoms with Gasteiger partial charge in [0.05, 0.1) is 16.1 Å². The zero-order valence-electron chi connectivity index (χ0n) is 10.5. The van der Waals surface area contributed by atoms with Crippen LogP contribution in [0.15, 0.2) is 23.7 Å². The van der Waals surface area contributed by atoms with Crippen LogP contribution >= 0.6 is 22.7 Å². The van der Waals surface area contributed by atoms with Crippen molar-refractivity contribution in [3.63, 3.8) is 0 Å². The van der Waals surface area contributed by atoms with E-state index < -0.39 is 0 Å². The Morgan fingerprint density at radius 1 is 1.21 bits per heavy atom. The first kappa shape index (κ1) is 12.3. The SMILES string of the molecule is Cc1ncc(-c2nc(-c3cccs3)c(C)s2)c(N)n1. The molecular formula is C13H12N4S2. The normalized spacial score (nSPS) is 10.8. The minimum atomic E-state index is 0.485. The van der Waals surface area contributed by atoms with E-state index in [1.54, 1.807) is 28.9 Å².